The molecule has 0 saturated carbocycles. The van der Waals surface area contributed by atoms with Crippen molar-refractivity contribution in [3.8, 4) is 6.07 Å². The monoisotopic (exact) mass is 253 g/mol. The highest BCUT2D eigenvalue weighted by atomic mass is 16.5. The lowest BCUT2D eigenvalue weighted by molar-refractivity contribution is -0.132. The van der Waals surface area contributed by atoms with Crippen molar-refractivity contribution in [3.05, 3.63) is 0 Å². The topological polar surface area (TPSA) is 82.4 Å². The molecule has 6 nitrogen and oxygen atoms in total. The van der Waals surface area contributed by atoms with Crippen LogP contribution >= 0.6 is 0 Å². The van der Waals surface area contributed by atoms with Crippen LogP contribution in [0.15, 0.2) is 0 Å². The summed E-state index contributed by atoms with van der Waals surface area (Å²) in [6.07, 6.45) is 1.60. The third-order valence-corrected chi connectivity index (χ3v) is 3.04. The van der Waals surface area contributed by atoms with E-state index in [-0.39, 0.29) is 11.9 Å². The summed E-state index contributed by atoms with van der Waals surface area (Å²) in [4.78, 5) is 24.7. The molecule has 18 heavy (non-hydrogen) atoms. The molecule has 1 aliphatic heterocycles. The summed E-state index contributed by atoms with van der Waals surface area (Å²) < 4.78 is 4.51. The molecular formula is C12H19N3O3. The summed E-state index contributed by atoms with van der Waals surface area (Å²) in [7, 11) is 1.31. The van der Waals surface area contributed by atoms with Crippen molar-refractivity contribution in [2.75, 3.05) is 20.2 Å². The predicted octanol–water partition coefficient (Wildman–Crippen LogP) is 0.883. The summed E-state index contributed by atoms with van der Waals surface area (Å²) in [5.74, 6) is -0.694. The van der Waals surface area contributed by atoms with Gasteiger partial charge in [0.25, 0.3) is 0 Å². The maximum absolute atomic E-state index is 12.0. The number of amides is 2. The molecule has 0 aromatic heterocycles. The van der Waals surface area contributed by atoms with Crippen molar-refractivity contribution in [3.63, 3.8) is 0 Å². The van der Waals surface area contributed by atoms with E-state index in [1.807, 2.05) is 13.0 Å². The van der Waals surface area contributed by atoms with Gasteiger partial charge in [0.2, 0.25) is 5.91 Å². The van der Waals surface area contributed by atoms with Crippen molar-refractivity contribution in [1.29, 1.82) is 5.26 Å². The standard InChI is InChI=1S/C12H19N3O3/c1-3-4-9(7-13)11(16)15-6-5-10(8-15)14-12(17)18-2/h9-10H,3-6,8H2,1-2H3,(H,14,17). The van der Waals surface area contributed by atoms with Gasteiger partial charge in [-0.25, -0.2) is 4.79 Å². The zero-order valence-corrected chi connectivity index (χ0v) is 10.8. The van der Waals surface area contributed by atoms with Crippen LogP contribution in [0.25, 0.3) is 0 Å². The molecule has 1 heterocycles. The summed E-state index contributed by atoms with van der Waals surface area (Å²) in [5, 5.41) is 11.6. The molecule has 0 bridgehead atoms. The Morgan fingerprint density at radius 1 is 1.61 bits per heavy atom. The van der Waals surface area contributed by atoms with Gasteiger partial charge in [0.1, 0.15) is 5.92 Å². The predicted molar refractivity (Wildman–Crippen MR) is 64.5 cm³/mol. The van der Waals surface area contributed by atoms with E-state index in [1.54, 1.807) is 4.90 Å². The maximum atomic E-state index is 12.0. The highest BCUT2D eigenvalue weighted by molar-refractivity contribution is 5.81. The Morgan fingerprint density at radius 2 is 2.33 bits per heavy atom. The molecule has 1 N–H and O–H groups in total. The fourth-order valence-corrected chi connectivity index (χ4v) is 2.06. The van der Waals surface area contributed by atoms with Gasteiger partial charge in [-0.1, -0.05) is 13.3 Å². The normalized spacial score (nSPS) is 20.1. The number of carbonyl (C=O) groups excluding carboxylic acids is 2. The molecule has 2 unspecified atom stereocenters. The van der Waals surface area contributed by atoms with E-state index < -0.39 is 12.0 Å². The van der Waals surface area contributed by atoms with Gasteiger partial charge < -0.3 is 15.0 Å². The SMILES string of the molecule is CCCC(C#N)C(=O)N1CCC(NC(=O)OC)C1. The van der Waals surface area contributed by atoms with E-state index in [0.717, 1.165) is 6.42 Å². The fourth-order valence-electron chi connectivity index (χ4n) is 2.06. The minimum atomic E-state index is -0.563. The van der Waals surface area contributed by atoms with E-state index in [0.29, 0.717) is 25.9 Å². The van der Waals surface area contributed by atoms with Crippen LogP contribution in [0.3, 0.4) is 0 Å². The first-order valence-corrected chi connectivity index (χ1v) is 6.15. The third-order valence-electron chi connectivity index (χ3n) is 3.04. The van der Waals surface area contributed by atoms with E-state index >= 15 is 0 Å². The lowest BCUT2D eigenvalue weighted by atomic mass is 10.0. The minimum absolute atomic E-state index is 0.0811. The molecule has 0 radical (unpaired) electrons. The first kappa shape index (κ1) is 14.3. The van der Waals surface area contributed by atoms with Crippen LogP contribution < -0.4 is 5.32 Å². The quantitative estimate of drug-likeness (QED) is 0.806. The Hall–Kier alpha value is -1.77. The number of ether oxygens (including phenoxy) is 1. The van der Waals surface area contributed by atoms with Gasteiger partial charge >= 0.3 is 6.09 Å². The number of likely N-dealkylation sites (tertiary alicyclic amines) is 1. The molecule has 2 amide bonds. The molecule has 6 heteroatoms. The zero-order chi connectivity index (χ0) is 13.5. The number of nitrogens with zero attached hydrogens (tertiary/aromatic N) is 2. The molecule has 1 saturated heterocycles. The Kier molecular flexibility index (Phi) is 5.43. The number of rotatable bonds is 4. The first-order valence-electron chi connectivity index (χ1n) is 6.15. The van der Waals surface area contributed by atoms with E-state index in [1.165, 1.54) is 7.11 Å². The number of hydrogen-bond donors (Lipinski definition) is 1. The van der Waals surface area contributed by atoms with Gasteiger partial charge in [-0.3, -0.25) is 4.79 Å². The van der Waals surface area contributed by atoms with Crippen LogP contribution in [-0.4, -0.2) is 43.1 Å². The van der Waals surface area contributed by atoms with Crippen molar-refractivity contribution in [2.45, 2.75) is 32.2 Å². The first-order chi connectivity index (χ1) is 8.62. The number of nitrogens with one attached hydrogen (secondary N) is 1. The van der Waals surface area contributed by atoms with Crippen molar-refractivity contribution >= 4 is 12.0 Å². The van der Waals surface area contributed by atoms with Crippen molar-refractivity contribution in [2.24, 2.45) is 5.92 Å². The highest BCUT2D eigenvalue weighted by Gasteiger charge is 2.31. The van der Waals surface area contributed by atoms with Crippen LogP contribution in [0.1, 0.15) is 26.2 Å². The molecule has 1 fully saturated rings. The van der Waals surface area contributed by atoms with Crippen LogP contribution in [0, 0.1) is 17.2 Å². The van der Waals surface area contributed by atoms with Gasteiger partial charge in [0, 0.05) is 13.1 Å². The van der Waals surface area contributed by atoms with Gasteiger partial charge in [0.05, 0.1) is 19.2 Å². The smallest absolute Gasteiger partial charge is 0.407 e. The van der Waals surface area contributed by atoms with Crippen LogP contribution in [-0.2, 0) is 9.53 Å². The molecule has 100 valence electrons. The third kappa shape index (κ3) is 3.62. The molecule has 1 rings (SSSR count). The number of carbonyl (C=O) groups is 2. The lowest BCUT2D eigenvalue weighted by Crippen LogP contribution is -2.39. The van der Waals surface area contributed by atoms with Gasteiger partial charge in [-0.15, -0.1) is 0 Å². The van der Waals surface area contributed by atoms with E-state index in [4.69, 9.17) is 5.26 Å². The maximum Gasteiger partial charge on any atom is 0.407 e. The average Bonchev–Trinajstić information content (AvgIpc) is 2.83. The lowest BCUT2D eigenvalue weighted by Gasteiger charge is -2.19. The van der Waals surface area contributed by atoms with Crippen molar-refractivity contribution in [1.82, 2.24) is 10.2 Å². The number of hydrogen-bond acceptors (Lipinski definition) is 4. The number of methoxy groups -OCH3 is 1. The summed E-state index contributed by atoms with van der Waals surface area (Å²) >= 11 is 0. The van der Waals surface area contributed by atoms with E-state index in [2.05, 4.69) is 10.1 Å². The Balaban J connectivity index is 2.48. The summed E-state index contributed by atoms with van der Waals surface area (Å²) in [5.41, 5.74) is 0. The molecule has 0 aliphatic carbocycles. The van der Waals surface area contributed by atoms with Crippen LogP contribution in [0.2, 0.25) is 0 Å². The molecular weight excluding hydrogens is 234 g/mol. The Labute approximate surface area is 107 Å². The molecule has 0 spiro atoms. The second-order valence-corrected chi connectivity index (χ2v) is 4.38. The molecule has 1 aliphatic rings. The van der Waals surface area contributed by atoms with Crippen molar-refractivity contribution < 1.29 is 14.3 Å². The van der Waals surface area contributed by atoms with Crippen LogP contribution in [0.4, 0.5) is 4.79 Å². The largest absolute Gasteiger partial charge is 0.453 e. The number of nitriles is 1. The molecule has 0 aromatic carbocycles. The van der Waals surface area contributed by atoms with E-state index in [9.17, 15) is 9.59 Å². The summed E-state index contributed by atoms with van der Waals surface area (Å²) in [6.45, 7) is 2.98. The zero-order valence-electron chi connectivity index (χ0n) is 10.8. The van der Waals surface area contributed by atoms with Crippen LogP contribution in [0.5, 0.6) is 0 Å². The minimum Gasteiger partial charge on any atom is -0.453 e. The highest BCUT2D eigenvalue weighted by Crippen LogP contribution is 2.16. The second kappa shape index (κ2) is 6.84. The average molecular weight is 253 g/mol. The Bertz CT molecular complexity index is 351. The Morgan fingerprint density at radius 3 is 2.89 bits per heavy atom. The second-order valence-electron chi connectivity index (χ2n) is 4.38. The number of alkyl carbamates (subject to hydrolysis) is 1. The molecule has 0 aromatic rings. The van der Waals surface area contributed by atoms with Gasteiger partial charge in [-0.2, -0.15) is 5.26 Å². The van der Waals surface area contributed by atoms with Gasteiger partial charge in [-0.05, 0) is 12.8 Å². The fraction of sp³-hybridized carbons (Fsp3) is 0.750. The van der Waals surface area contributed by atoms with Gasteiger partial charge in [0.15, 0.2) is 0 Å². The molecule has 2 atom stereocenters. The summed E-state index contributed by atoms with van der Waals surface area (Å²) in [6, 6.07) is 1.96.